The smallest absolute Gasteiger partial charge is 0.226 e. The predicted molar refractivity (Wildman–Crippen MR) is 92.4 cm³/mol. The maximum atomic E-state index is 12.9. The predicted octanol–water partition coefficient (Wildman–Crippen LogP) is 1.52. The van der Waals surface area contributed by atoms with E-state index in [0.717, 1.165) is 16.8 Å². The molecule has 3 heterocycles. The molecule has 1 aliphatic heterocycles. The van der Waals surface area contributed by atoms with E-state index in [-0.39, 0.29) is 30.3 Å². The highest BCUT2D eigenvalue weighted by atomic mass is 16.2. The van der Waals surface area contributed by atoms with Crippen LogP contribution in [-0.4, -0.2) is 38.5 Å². The van der Waals surface area contributed by atoms with E-state index in [4.69, 9.17) is 0 Å². The minimum atomic E-state index is -0.430. The van der Waals surface area contributed by atoms with Crippen LogP contribution < -0.4 is 5.32 Å². The van der Waals surface area contributed by atoms with Crippen LogP contribution >= 0.6 is 0 Å². The highest BCUT2D eigenvalue weighted by molar-refractivity contribution is 5.90. The van der Waals surface area contributed by atoms with Gasteiger partial charge in [-0.15, -0.1) is 0 Å². The summed E-state index contributed by atoms with van der Waals surface area (Å²) in [7, 11) is 3.59. The van der Waals surface area contributed by atoms with Gasteiger partial charge in [0.2, 0.25) is 11.8 Å². The van der Waals surface area contributed by atoms with Crippen LogP contribution in [0, 0.1) is 12.8 Å². The third kappa shape index (κ3) is 3.26. The van der Waals surface area contributed by atoms with Gasteiger partial charge in [-0.2, -0.15) is 5.10 Å². The monoisotopic (exact) mass is 341 g/mol. The molecular formula is C18H23N5O2. The maximum absolute atomic E-state index is 12.9. The standard InChI is InChI=1S/C18H23N5O2/c1-11(15-10-22(3)21-12(15)2)20-18(25)14-8-16(24)23(4)17(14)13-6-5-7-19-9-13/h5-7,9-11,14,17H,8H2,1-4H3,(H,20,25)/t11-,14-,17+/m0/s1. The number of carbonyl (C=O) groups excluding carboxylic acids is 2. The van der Waals surface area contributed by atoms with Gasteiger partial charge < -0.3 is 10.2 Å². The zero-order chi connectivity index (χ0) is 18.1. The SMILES string of the molecule is Cc1nn(C)cc1[C@H](C)NC(=O)[C@H]1CC(=O)N(C)[C@@H]1c1cccnc1. The van der Waals surface area contributed by atoms with Gasteiger partial charge in [-0.1, -0.05) is 6.07 Å². The lowest BCUT2D eigenvalue weighted by atomic mass is 9.93. The van der Waals surface area contributed by atoms with Crippen molar-refractivity contribution in [1.29, 1.82) is 0 Å². The molecule has 0 unspecified atom stereocenters. The highest BCUT2D eigenvalue weighted by Crippen LogP contribution is 2.37. The summed E-state index contributed by atoms with van der Waals surface area (Å²) in [5.74, 6) is -0.581. The molecule has 25 heavy (non-hydrogen) atoms. The fourth-order valence-electron chi connectivity index (χ4n) is 3.55. The molecule has 7 heteroatoms. The number of hydrogen-bond acceptors (Lipinski definition) is 4. The summed E-state index contributed by atoms with van der Waals surface area (Å²) in [4.78, 5) is 30.8. The zero-order valence-corrected chi connectivity index (χ0v) is 14.9. The molecule has 132 valence electrons. The summed E-state index contributed by atoms with van der Waals surface area (Å²) in [6.45, 7) is 3.85. The minimum absolute atomic E-state index is 0.0285. The normalized spacial score (nSPS) is 21.4. The second-order valence-corrected chi connectivity index (χ2v) is 6.62. The first-order valence-electron chi connectivity index (χ1n) is 8.34. The molecule has 1 saturated heterocycles. The van der Waals surface area contributed by atoms with Crippen LogP contribution in [0.4, 0.5) is 0 Å². The van der Waals surface area contributed by atoms with Crippen molar-refractivity contribution in [3.8, 4) is 0 Å². The molecule has 0 radical (unpaired) electrons. The summed E-state index contributed by atoms with van der Waals surface area (Å²) < 4.78 is 1.73. The average Bonchev–Trinajstić information content (AvgIpc) is 3.07. The Kier molecular flexibility index (Phi) is 4.57. The molecule has 0 bridgehead atoms. The molecule has 1 fully saturated rings. The number of pyridine rings is 1. The van der Waals surface area contributed by atoms with E-state index in [0.29, 0.717) is 0 Å². The van der Waals surface area contributed by atoms with E-state index in [2.05, 4.69) is 15.4 Å². The maximum Gasteiger partial charge on any atom is 0.226 e. The Hall–Kier alpha value is -2.70. The van der Waals surface area contributed by atoms with E-state index in [1.54, 1.807) is 29.0 Å². The minimum Gasteiger partial charge on any atom is -0.349 e. The summed E-state index contributed by atoms with van der Waals surface area (Å²) in [5.41, 5.74) is 2.74. The number of nitrogens with one attached hydrogen (secondary N) is 1. The number of aromatic nitrogens is 3. The molecule has 0 saturated carbocycles. The largest absolute Gasteiger partial charge is 0.349 e. The Labute approximate surface area is 147 Å². The van der Waals surface area contributed by atoms with Crippen LogP contribution in [-0.2, 0) is 16.6 Å². The molecule has 2 aromatic heterocycles. The first-order valence-corrected chi connectivity index (χ1v) is 8.34. The lowest BCUT2D eigenvalue weighted by molar-refractivity contribution is -0.128. The van der Waals surface area contributed by atoms with Crippen molar-refractivity contribution in [2.24, 2.45) is 13.0 Å². The summed E-state index contributed by atoms with van der Waals surface area (Å²) in [6.07, 6.45) is 5.52. The third-order valence-corrected chi connectivity index (χ3v) is 4.83. The molecule has 0 spiro atoms. The fourth-order valence-corrected chi connectivity index (χ4v) is 3.55. The van der Waals surface area contributed by atoms with E-state index >= 15 is 0 Å². The van der Waals surface area contributed by atoms with E-state index in [9.17, 15) is 9.59 Å². The van der Waals surface area contributed by atoms with Gasteiger partial charge in [0.15, 0.2) is 0 Å². The Bertz CT molecular complexity index is 786. The van der Waals surface area contributed by atoms with Gasteiger partial charge in [0.1, 0.15) is 0 Å². The molecule has 7 nitrogen and oxygen atoms in total. The van der Waals surface area contributed by atoms with Gasteiger partial charge in [0.25, 0.3) is 0 Å². The number of rotatable bonds is 4. The molecule has 1 N–H and O–H groups in total. The number of likely N-dealkylation sites (tertiary alicyclic amines) is 1. The van der Waals surface area contributed by atoms with Crippen LogP contribution in [0.15, 0.2) is 30.7 Å². The Balaban J connectivity index is 1.80. The Morgan fingerprint density at radius 1 is 1.40 bits per heavy atom. The van der Waals surface area contributed by atoms with Crippen LogP contribution in [0.1, 0.15) is 42.2 Å². The van der Waals surface area contributed by atoms with Gasteiger partial charge in [0, 0.05) is 44.7 Å². The number of nitrogens with zero attached hydrogens (tertiary/aromatic N) is 4. The van der Waals surface area contributed by atoms with Crippen molar-refractivity contribution in [1.82, 2.24) is 25.0 Å². The van der Waals surface area contributed by atoms with Crippen LogP contribution in [0.3, 0.4) is 0 Å². The second kappa shape index (κ2) is 6.66. The van der Waals surface area contributed by atoms with Gasteiger partial charge in [-0.25, -0.2) is 0 Å². The number of amides is 2. The molecule has 3 rings (SSSR count). The van der Waals surface area contributed by atoms with Crippen LogP contribution in [0.5, 0.6) is 0 Å². The zero-order valence-electron chi connectivity index (χ0n) is 14.9. The Morgan fingerprint density at radius 3 is 2.76 bits per heavy atom. The average molecular weight is 341 g/mol. The first kappa shape index (κ1) is 17.1. The molecular weight excluding hydrogens is 318 g/mol. The summed E-state index contributed by atoms with van der Waals surface area (Å²) >= 11 is 0. The van der Waals surface area contributed by atoms with Crippen molar-refractivity contribution < 1.29 is 9.59 Å². The van der Waals surface area contributed by atoms with Crippen LogP contribution in [0.25, 0.3) is 0 Å². The van der Waals surface area contributed by atoms with Crippen molar-refractivity contribution in [3.63, 3.8) is 0 Å². The lowest BCUT2D eigenvalue weighted by Gasteiger charge is -2.25. The van der Waals surface area contributed by atoms with Gasteiger partial charge in [-0.05, 0) is 25.5 Å². The van der Waals surface area contributed by atoms with E-state index in [1.807, 2.05) is 39.2 Å². The molecule has 2 amide bonds. The third-order valence-electron chi connectivity index (χ3n) is 4.83. The summed E-state index contributed by atoms with van der Waals surface area (Å²) in [5, 5.41) is 7.36. The molecule has 0 aromatic carbocycles. The molecule has 3 atom stereocenters. The van der Waals surface area contributed by atoms with Crippen molar-refractivity contribution in [2.75, 3.05) is 7.05 Å². The van der Waals surface area contributed by atoms with Gasteiger partial charge in [-0.3, -0.25) is 19.3 Å². The van der Waals surface area contributed by atoms with Crippen molar-refractivity contribution in [3.05, 3.63) is 47.5 Å². The fraction of sp³-hybridized carbons (Fsp3) is 0.444. The van der Waals surface area contributed by atoms with Crippen LogP contribution in [0.2, 0.25) is 0 Å². The molecule has 0 aliphatic carbocycles. The Morgan fingerprint density at radius 2 is 2.16 bits per heavy atom. The lowest BCUT2D eigenvalue weighted by Crippen LogP contribution is -2.36. The molecule has 2 aromatic rings. The van der Waals surface area contributed by atoms with Crippen molar-refractivity contribution in [2.45, 2.75) is 32.4 Å². The summed E-state index contributed by atoms with van der Waals surface area (Å²) in [6, 6.07) is 3.27. The molecule has 1 aliphatic rings. The van der Waals surface area contributed by atoms with Crippen molar-refractivity contribution >= 4 is 11.8 Å². The van der Waals surface area contributed by atoms with Gasteiger partial charge >= 0.3 is 0 Å². The highest BCUT2D eigenvalue weighted by Gasteiger charge is 2.43. The topological polar surface area (TPSA) is 80.1 Å². The van der Waals surface area contributed by atoms with Gasteiger partial charge in [0.05, 0.1) is 23.7 Å². The van der Waals surface area contributed by atoms with E-state index in [1.165, 1.54) is 0 Å². The quantitative estimate of drug-likeness (QED) is 0.914. The first-order chi connectivity index (χ1) is 11.9. The second-order valence-electron chi connectivity index (χ2n) is 6.62. The van der Waals surface area contributed by atoms with E-state index < -0.39 is 5.92 Å². The number of carbonyl (C=O) groups is 2. The number of hydrogen-bond donors (Lipinski definition) is 1. The number of aryl methyl sites for hydroxylation is 2.